The number of hydrogen-bond acceptors (Lipinski definition) is 5. The molecule has 250 valence electrons. The number of rotatable bonds is 6. The summed E-state index contributed by atoms with van der Waals surface area (Å²) in [5.74, 6) is -0.147. The first-order chi connectivity index (χ1) is 23.2. The van der Waals surface area contributed by atoms with Crippen molar-refractivity contribution >= 4 is 65.9 Å². The number of benzene rings is 3. The lowest BCUT2D eigenvalue weighted by atomic mass is 10.0. The Kier molecular flexibility index (Phi) is 8.94. The molecule has 7 rings (SSSR count). The summed E-state index contributed by atoms with van der Waals surface area (Å²) in [7, 11) is 0. The lowest BCUT2D eigenvalue weighted by Gasteiger charge is -2.36. The van der Waals surface area contributed by atoms with Crippen LogP contribution in [0.3, 0.4) is 0 Å². The molecule has 2 aromatic heterocycles. The van der Waals surface area contributed by atoms with Crippen LogP contribution in [0.1, 0.15) is 43.3 Å². The van der Waals surface area contributed by atoms with Gasteiger partial charge in [0.15, 0.2) is 0 Å². The molecule has 5 aromatic rings. The van der Waals surface area contributed by atoms with Crippen molar-refractivity contribution in [3.05, 3.63) is 96.1 Å². The quantitative estimate of drug-likeness (QED) is 0.191. The highest BCUT2D eigenvalue weighted by atomic mass is 79.9. The van der Waals surface area contributed by atoms with E-state index >= 15 is 0 Å². The van der Waals surface area contributed by atoms with Crippen molar-refractivity contribution in [3.63, 3.8) is 0 Å². The number of imidazole rings is 2. The Balaban J connectivity index is 1.06. The second-order valence-electron chi connectivity index (χ2n) is 12.5. The first kappa shape index (κ1) is 32.3. The molecule has 0 unspecified atom stereocenters. The van der Waals surface area contributed by atoms with Gasteiger partial charge < -0.3 is 30.2 Å². The number of aromatic amines is 2. The van der Waals surface area contributed by atoms with Crippen LogP contribution in [-0.4, -0.2) is 78.2 Å². The fourth-order valence-corrected chi connectivity index (χ4v) is 8.46. The highest BCUT2D eigenvalue weighted by molar-refractivity contribution is 9.11. The number of phenols is 1. The molecule has 2 aliphatic rings. The molecular weight excluding hydrogens is 746 g/mol. The summed E-state index contributed by atoms with van der Waals surface area (Å²) in [5.41, 5.74) is 3.70. The summed E-state index contributed by atoms with van der Waals surface area (Å²) in [6.07, 6.45) is 2.63. The lowest BCUT2D eigenvalue weighted by molar-refractivity contribution is -0.134. The maximum Gasteiger partial charge on any atom is 0.326 e. The van der Waals surface area contributed by atoms with Crippen LogP contribution in [0.15, 0.2) is 79.2 Å². The van der Waals surface area contributed by atoms with Gasteiger partial charge in [0, 0.05) is 44.7 Å². The fourth-order valence-electron chi connectivity index (χ4n) is 7.18. The van der Waals surface area contributed by atoms with Gasteiger partial charge in [-0.1, -0.05) is 24.3 Å². The summed E-state index contributed by atoms with van der Waals surface area (Å²) in [6.45, 7) is 1.75. The second kappa shape index (κ2) is 13.3. The van der Waals surface area contributed by atoms with Crippen molar-refractivity contribution in [1.82, 2.24) is 34.2 Å². The predicted octanol–water partition coefficient (Wildman–Crippen LogP) is 5.02. The van der Waals surface area contributed by atoms with Gasteiger partial charge in [0.05, 0.1) is 31.0 Å². The van der Waals surface area contributed by atoms with E-state index in [1.807, 2.05) is 48.5 Å². The van der Waals surface area contributed by atoms with Crippen LogP contribution in [0.5, 0.6) is 5.75 Å². The molecule has 3 aromatic carbocycles. The van der Waals surface area contributed by atoms with Gasteiger partial charge in [-0.15, -0.1) is 0 Å². The van der Waals surface area contributed by atoms with E-state index in [4.69, 9.17) is 0 Å². The number of aromatic nitrogens is 4. The van der Waals surface area contributed by atoms with Gasteiger partial charge in [0.25, 0.3) is 0 Å². The average Bonchev–Trinajstić information content (AvgIpc) is 3.61. The third kappa shape index (κ3) is 6.18. The van der Waals surface area contributed by atoms with E-state index < -0.39 is 6.04 Å². The van der Waals surface area contributed by atoms with E-state index in [1.165, 1.54) is 0 Å². The average molecular weight is 782 g/mol. The molecule has 12 nitrogen and oxygen atoms in total. The second-order valence-corrected chi connectivity index (χ2v) is 14.2. The monoisotopic (exact) mass is 779 g/mol. The summed E-state index contributed by atoms with van der Waals surface area (Å²) < 4.78 is 4.52. The Morgan fingerprint density at radius 2 is 1.23 bits per heavy atom. The minimum atomic E-state index is -0.859. The molecule has 1 atom stereocenters. The smallest absolute Gasteiger partial charge is 0.326 e. The first-order valence-corrected chi connectivity index (χ1v) is 17.7. The largest absolute Gasteiger partial charge is 0.506 e. The van der Waals surface area contributed by atoms with Crippen LogP contribution in [0.25, 0.3) is 22.1 Å². The topological polar surface area (TPSA) is 148 Å². The maximum absolute atomic E-state index is 14.1. The van der Waals surface area contributed by atoms with Crippen molar-refractivity contribution in [2.75, 3.05) is 26.2 Å². The Hall–Kier alpha value is -4.30. The van der Waals surface area contributed by atoms with E-state index in [0.29, 0.717) is 60.8 Å². The zero-order valence-electron chi connectivity index (χ0n) is 26.0. The Labute approximate surface area is 292 Å². The third-order valence-electron chi connectivity index (χ3n) is 9.62. The molecule has 2 saturated heterocycles. The van der Waals surface area contributed by atoms with E-state index in [9.17, 15) is 24.3 Å². The third-order valence-corrected chi connectivity index (χ3v) is 10.8. The van der Waals surface area contributed by atoms with Crippen LogP contribution < -0.4 is 16.7 Å². The molecule has 0 spiro atoms. The van der Waals surface area contributed by atoms with Gasteiger partial charge in [-0.3, -0.25) is 13.9 Å². The summed E-state index contributed by atoms with van der Waals surface area (Å²) in [4.78, 5) is 62.7. The number of fused-ring (bicyclic) bond motifs is 2. The molecule has 4 N–H and O–H groups in total. The zero-order chi connectivity index (χ0) is 33.5. The summed E-state index contributed by atoms with van der Waals surface area (Å²) >= 11 is 6.75. The van der Waals surface area contributed by atoms with E-state index in [-0.39, 0.29) is 47.6 Å². The van der Waals surface area contributed by atoms with Gasteiger partial charge >= 0.3 is 17.4 Å². The number of piperidine rings is 2. The van der Waals surface area contributed by atoms with Crippen molar-refractivity contribution < 1.29 is 14.7 Å². The highest BCUT2D eigenvalue weighted by Gasteiger charge is 2.33. The number of phenolic OH excluding ortho intramolecular Hbond substituents is 1. The number of nitrogens with zero attached hydrogens (tertiary/aromatic N) is 4. The number of carbonyl (C=O) groups excluding carboxylic acids is 2. The van der Waals surface area contributed by atoms with Crippen LogP contribution in [0, 0.1) is 0 Å². The van der Waals surface area contributed by atoms with Crippen LogP contribution in [0.2, 0.25) is 0 Å². The SMILES string of the molecule is O=C(N[C@H](Cc1cc(Br)c(O)c(Br)c1)C(=O)N1CCC(n2c(=O)[nH]c3ccccc32)CC1)N1CCC(n2c(=O)[nH]c3ccccc32)CC1. The van der Waals surface area contributed by atoms with Crippen molar-refractivity contribution in [2.24, 2.45) is 0 Å². The number of halogens is 2. The Bertz CT molecular complexity index is 2100. The minimum Gasteiger partial charge on any atom is -0.506 e. The number of amides is 3. The van der Waals surface area contributed by atoms with Crippen molar-refractivity contribution in [1.29, 1.82) is 0 Å². The molecule has 0 bridgehead atoms. The number of carbonyl (C=O) groups is 2. The number of urea groups is 1. The first-order valence-electron chi connectivity index (χ1n) is 16.1. The molecule has 3 amide bonds. The number of para-hydroxylation sites is 4. The zero-order valence-corrected chi connectivity index (χ0v) is 29.2. The molecule has 2 fully saturated rings. The Morgan fingerprint density at radius 1 is 0.771 bits per heavy atom. The number of nitrogens with one attached hydrogen (secondary N) is 3. The van der Waals surface area contributed by atoms with Gasteiger partial charge in [0.2, 0.25) is 5.91 Å². The molecular formula is C34H35Br2N7O5. The van der Waals surface area contributed by atoms with Crippen LogP contribution in [-0.2, 0) is 11.2 Å². The van der Waals surface area contributed by atoms with Gasteiger partial charge in [-0.05, 0) is 99.5 Å². The molecule has 0 saturated carbocycles. The summed E-state index contributed by atoms with van der Waals surface area (Å²) in [6, 6.07) is 17.4. The van der Waals surface area contributed by atoms with E-state index in [1.54, 1.807) is 31.1 Å². The molecule has 4 heterocycles. The maximum atomic E-state index is 14.1. The van der Waals surface area contributed by atoms with Crippen LogP contribution >= 0.6 is 31.9 Å². The standard InChI is InChI=1S/C34H35Br2N7O5/c35-23-17-20(18-24(36)30(23)44)19-27(31(45)40-13-9-21(10-14-40)42-28-7-3-1-5-25(28)37-33(42)47)39-32(46)41-15-11-22(12-16-41)43-29-8-4-2-6-26(29)38-34(43)48/h1-8,17-18,21-22,27,44H,9-16,19H2,(H,37,47)(H,38,48)(H,39,46)/t27-/m1/s1. The molecule has 48 heavy (non-hydrogen) atoms. The van der Waals surface area contributed by atoms with Crippen molar-refractivity contribution in [2.45, 2.75) is 50.2 Å². The van der Waals surface area contributed by atoms with Gasteiger partial charge in [-0.2, -0.15) is 0 Å². The number of likely N-dealkylation sites (tertiary alicyclic amines) is 2. The van der Waals surface area contributed by atoms with Crippen LogP contribution in [0.4, 0.5) is 4.79 Å². The normalized spacial score (nSPS) is 16.9. The minimum absolute atomic E-state index is 0.0484. The number of hydrogen-bond donors (Lipinski definition) is 4. The molecule has 0 radical (unpaired) electrons. The molecule has 14 heteroatoms. The number of aromatic hydroxyl groups is 1. The van der Waals surface area contributed by atoms with E-state index in [0.717, 1.165) is 27.6 Å². The van der Waals surface area contributed by atoms with E-state index in [2.05, 4.69) is 47.1 Å². The predicted molar refractivity (Wildman–Crippen MR) is 189 cm³/mol. The molecule has 2 aliphatic heterocycles. The van der Waals surface area contributed by atoms with Gasteiger partial charge in [-0.25, -0.2) is 14.4 Å². The van der Waals surface area contributed by atoms with Gasteiger partial charge in [0.1, 0.15) is 11.8 Å². The fraction of sp³-hybridized carbons (Fsp3) is 0.353. The summed E-state index contributed by atoms with van der Waals surface area (Å²) in [5, 5.41) is 13.3. The lowest BCUT2D eigenvalue weighted by Crippen LogP contribution is -2.55. The number of H-pyrrole nitrogens is 2. The molecule has 0 aliphatic carbocycles. The highest BCUT2D eigenvalue weighted by Crippen LogP contribution is 2.34. The Morgan fingerprint density at radius 3 is 1.73 bits per heavy atom. The van der Waals surface area contributed by atoms with Crippen molar-refractivity contribution in [3.8, 4) is 5.75 Å².